The number of hydrogen-bond donors (Lipinski definition) is 3. The van der Waals surface area contributed by atoms with Gasteiger partial charge in [-0.1, -0.05) is 36.4 Å². The van der Waals surface area contributed by atoms with Crippen LogP contribution < -0.4 is 17.1 Å². The van der Waals surface area contributed by atoms with Crippen LogP contribution in [-0.2, 0) is 0 Å². The van der Waals surface area contributed by atoms with E-state index in [4.69, 9.17) is 15.9 Å². The Morgan fingerprint density at radius 1 is 1.04 bits per heavy atom. The molecule has 25 heavy (non-hydrogen) atoms. The van der Waals surface area contributed by atoms with Crippen molar-refractivity contribution >= 4 is 22.8 Å². The molecule has 0 radical (unpaired) electrons. The van der Waals surface area contributed by atoms with E-state index >= 15 is 0 Å². The highest BCUT2D eigenvalue weighted by molar-refractivity contribution is 6.13. The molecule has 0 bridgehead atoms. The molecule has 0 fully saturated rings. The van der Waals surface area contributed by atoms with Gasteiger partial charge in [0.25, 0.3) is 0 Å². The number of nitrogens with two attached hydrogens (primary N) is 2. The van der Waals surface area contributed by atoms with Crippen molar-refractivity contribution < 1.29 is 9.52 Å². The zero-order chi connectivity index (χ0) is 17.6. The minimum Gasteiger partial charge on any atom is -0.508 e. The average molecular weight is 334 g/mol. The second-order valence-electron chi connectivity index (χ2n) is 5.62. The lowest BCUT2D eigenvalue weighted by Gasteiger charge is -2.16. The lowest BCUT2D eigenvalue weighted by molar-refractivity contribution is 0.464. The van der Waals surface area contributed by atoms with Crippen molar-refractivity contribution in [3.63, 3.8) is 0 Å². The number of phenols is 1. The Hall–Kier alpha value is -3.61. The van der Waals surface area contributed by atoms with Gasteiger partial charge in [0.1, 0.15) is 23.2 Å². The van der Waals surface area contributed by atoms with Gasteiger partial charge in [0.15, 0.2) is 0 Å². The highest BCUT2D eigenvalue weighted by atomic mass is 16.4. The van der Waals surface area contributed by atoms with E-state index in [1.165, 1.54) is 6.07 Å². The van der Waals surface area contributed by atoms with Crippen LogP contribution in [0.4, 0.5) is 0 Å². The van der Waals surface area contributed by atoms with Crippen LogP contribution in [0.1, 0.15) is 22.7 Å². The number of nitrogens with zero attached hydrogens (tertiary/aromatic N) is 2. The molecule has 1 aliphatic heterocycles. The highest BCUT2D eigenvalue weighted by Crippen LogP contribution is 2.35. The predicted octanol–water partition coefficient (Wildman–Crippen LogP) is 1.62. The maximum atomic E-state index is 12.7. The summed E-state index contributed by atoms with van der Waals surface area (Å²) in [7, 11) is 0. The van der Waals surface area contributed by atoms with Crippen LogP contribution in [0.3, 0.4) is 0 Å². The Kier molecular flexibility index (Phi) is 3.28. The third-order valence-corrected chi connectivity index (χ3v) is 4.11. The molecule has 3 aromatic rings. The zero-order valence-corrected chi connectivity index (χ0v) is 13.0. The Bertz CT molecular complexity index is 1110. The monoisotopic (exact) mass is 334 g/mol. The first kappa shape index (κ1) is 14.9. The number of fused-ring (bicyclic) bond motifs is 3. The number of amidine groups is 1. The van der Waals surface area contributed by atoms with Crippen molar-refractivity contribution in [1.82, 2.24) is 0 Å². The molecule has 0 amide bonds. The van der Waals surface area contributed by atoms with Crippen LogP contribution in [0.5, 0.6) is 5.75 Å². The first-order valence-corrected chi connectivity index (χ1v) is 7.57. The van der Waals surface area contributed by atoms with Crippen LogP contribution in [0, 0.1) is 0 Å². The second-order valence-corrected chi connectivity index (χ2v) is 5.62. The summed E-state index contributed by atoms with van der Waals surface area (Å²) in [5.41, 5.74) is 12.8. The summed E-state index contributed by atoms with van der Waals surface area (Å²) in [5.74, 6) is -0.00765. The second kappa shape index (κ2) is 5.48. The molecule has 124 valence electrons. The van der Waals surface area contributed by atoms with Crippen LogP contribution in [0.2, 0.25) is 0 Å². The largest absolute Gasteiger partial charge is 0.508 e. The summed E-state index contributed by atoms with van der Waals surface area (Å²) in [5, 5.41) is 10.9. The van der Waals surface area contributed by atoms with Gasteiger partial charge in [-0.3, -0.25) is 0 Å². The summed E-state index contributed by atoms with van der Waals surface area (Å²) < 4.78 is 5.43. The summed E-state index contributed by atoms with van der Waals surface area (Å²) in [6, 6.07) is 12.7. The minimum absolute atomic E-state index is 0.0111. The van der Waals surface area contributed by atoms with Gasteiger partial charge in [0.2, 0.25) is 5.96 Å². The van der Waals surface area contributed by atoms with E-state index in [0.29, 0.717) is 22.1 Å². The van der Waals surface area contributed by atoms with Gasteiger partial charge >= 0.3 is 5.63 Å². The highest BCUT2D eigenvalue weighted by Gasteiger charge is 2.29. The normalized spacial score (nSPS) is 16.7. The number of aromatic hydroxyl groups is 1. The van der Waals surface area contributed by atoms with Crippen LogP contribution in [0.25, 0.3) is 11.0 Å². The lowest BCUT2D eigenvalue weighted by atomic mass is 9.93. The van der Waals surface area contributed by atoms with Gasteiger partial charge in [-0.2, -0.15) is 4.99 Å². The lowest BCUT2D eigenvalue weighted by Crippen LogP contribution is -2.23. The van der Waals surface area contributed by atoms with E-state index in [1.54, 1.807) is 42.5 Å². The molecular weight excluding hydrogens is 320 g/mol. The molecule has 7 nitrogen and oxygen atoms in total. The van der Waals surface area contributed by atoms with Crippen molar-refractivity contribution in [2.75, 3.05) is 0 Å². The molecule has 0 aliphatic carbocycles. The smallest absolute Gasteiger partial charge is 0.342 e. The summed E-state index contributed by atoms with van der Waals surface area (Å²) in [6.07, 6.45) is 0. The van der Waals surface area contributed by atoms with Gasteiger partial charge in [0, 0.05) is 16.5 Å². The summed E-state index contributed by atoms with van der Waals surface area (Å²) in [6.45, 7) is 0. The Morgan fingerprint density at radius 2 is 1.76 bits per heavy atom. The number of benzene rings is 2. The Balaban J connectivity index is 2.14. The van der Waals surface area contributed by atoms with Crippen molar-refractivity contribution in [2.45, 2.75) is 6.04 Å². The third-order valence-electron chi connectivity index (χ3n) is 4.11. The van der Waals surface area contributed by atoms with E-state index in [9.17, 15) is 9.90 Å². The van der Waals surface area contributed by atoms with Crippen LogP contribution >= 0.6 is 0 Å². The predicted molar refractivity (Wildman–Crippen MR) is 94.8 cm³/mol. The van der Waals surface area contributed by atoms with Gasteiger partial charge < -0.3 is 21.0 Å². The van der Waals surface area contributed by atoms with Crippen molar-refractivity contribution in [2.24, 2.45) is 21.5 Å². The molecular formula is C18H14N4O3. The Morgan fingerprint density at radius 3 is 2.56 bits per heavy atom. The first-order valence-electron chi connectivity index (χ1n) is 7.57. The first-order chi connectivity index (χ1) is 12.1. The molecule has 0 spiro atoms. The minimum atomic E-state index is -0.873. The fourth-order valence-corrected chi connectivity index (χ4v) is 3.04. The van der Waals surface area contributed by atoms with E-state index in [2.05, 4.69) is 9.98 Å². The molecule has 1 aromatic heterocycles. The molecule has 1 atom stereocenters. The molecule has 2 heterocycles. The Labute approximate surface area is 141 Å². The fraction of sp³-hybridized carbons (Fsp3) is 0.0556. The molecule has 0 saturated heterocycles. The topological polar surface area (TPSA) is 127 Å². The van der Waals surface area contributed by atoms with Crippen LogP contribution in [0.15, 0.2) is 67.7 Å². The van der Waals surface area contributed by atoms with Crippen molar-refractivity contribution in [1.29, 1.82) is 0 Å². The quantitative estimate of drug-likeness (QED) is 0.583. The van der Waals surface area contributed by atoms with Gasteiger partial charge in [-0.05, 0) is 12.1 Å². The molecule has 0 saturated carbocycles. The standard InChI is InChI=1S/C18H14N4O3/c19-16-13-10-6-2-4-8-12(10)25-17(24)14(13)15(21-18(20)22-16)9-5-1-3-7-11(9)23/h1-8,15,23H,(H4,19,20,21,22). The van der Waals surface area contributed by atoms with Crippen molar-refractivity contribution in [3.05, 3.63) is 75.6 Å². The van der Waals surface area contributed by atoms with Gasteiger partial charge in [-0.25, -0.2) is 9.79 Å². The van der Waals surface area contributed by atoms with E-state index in [1.807, 2.05) is 0 Å². The van der Waals surface area contributed by atoms with Crippen molar-refractivity contribution in [3.8, 4) is 5.75 Å². The maximum absolute atomic E-state index is 12.7. The number of hydrogen-bond acceptors (Lipinski definition) is 7. The fourth-order valence-electron chi connectivity index (χ4n) is 3.04. The third kappa shape index (κ3) is 2.33. The molecule has 1 unspecified atom stereocenters. The molecule has 5 N–H and O–H groups in total. The number of phenolic OH excluding ortho intramolecular Hbond substituents is 1. The molecule has 1 aliphatic rings. The SMILES string of the molecule is NC1=NC(c2ccccc2O)c2c(c3ccccc3oc2=O)C(N)=N1. The van der Waals surface area contributed by atoms with E-state index in [-0.39, 0.29) is 23.1 Å². The molecule has 4 rings (SSSR count). The zero-order valence-electron chi connectivity index (χ0n) is 13.0. The average Bonchev–Trinajstić information content (AvgIpc) is 2.72. The van der Waals surface area contributed by atoms with Crippen LogP contribution in [-0.4, -0.2) is 16.9 Å². The van der Waals surface area contributed by atoms with Gasteiger partial charge in [0.05, 0.1) is 5.56 Å². The number of rotatable bonds is 1. The van der Waals surface area contributed by atoms with E-state index < -0.39 is 11.7 Å². The summed E-state index contributed by atoms with van der Waals surface area (Å²) in [4.78, 5) is 21.1. The maximum Gasteiger partial charge on any atom is 0.342 e. The van der Waals surface area contributed by atoms with Gasteiger partial charge in [-0.15, -0.1) is 0 Å². The number of aliphatic imine (C=N–C) groups is 2. The summed E-state index contributed by atoms with van der Waals surface area (Å²) >= 11 is 0. The number of para-hydroxylation sites is 2. The number of guanidine groups is 1. The molecule has 7 heteroatoms. The molecule has 2 aromatic carbocycles. The van der Waals surface area contributed by atoms with E-state index in [0.717, 1.165) is 0 Å².